The molecule has 0 saturated carbocycles. The molecule has 0 aromatic carbocycles. The number of aromatic nitrogens is 2. The maximum absolute atomic E-state index is 10.9. The first-order valence-electron chi connectivity index (χ1n) is 4.54. The van der Waals surface area contributed by atoms with Gasteiger partial charge in [0.15, 0.2) is 10.9 Å². The highest BCUT2D eigenvalue weighted by Crippen LogP contribution is 2.36. The predicted octanol–water partition coefficient (Wildman–Crippen LogP) is 1.33. The summed E-state index contributed by atoms with van der Waals surface area (Å²) in [6.45, 7) is 0. The molecule has 0 unspecified atom stereocenters. The van der Waals surface area contributed by atoms with E-state index in [2.05, 4.69) is 9.97 Å². The average molecular weight is 255 g/mol. The lowest BCUT2D eigenvalue weighted by atomic mass is 10.3. The molecule has 2 aromatic heterocycles. The molecule has 0 amide bonds. The number of hydrogen-bond acceptors (Lipinski definition) is 5. The van der Waals surface area contributed by atoms with Gasteiger partial charge < -0.3 is 14.5 Å². The Balaban J connectivity index is 2.61. The molecule has 0 atom stereocenters. The van der Waals surface area contributed by atoms with Crippen molar-refractivity contribution in [2.24, 2.45) is 0 Å². The van der Waals surface area contributed by atoms with Crippen molar-refractivity contribution in [3.8, 4) is 11.5 Å². The summed E-state index contributed by atoms with van der Waals surface area (Å²) in [5.74, 6) is -0.446. The number of aldehydes is 1. The van der Waals surface area contributed by atoms with Crippen LogP contribution in [0.3, 0.4) is 0 Å². The van der Waals surface area contributed by atoms with Gasteiger partial charge >= 0.3 is 5.97 Å². The fraction of sp³-hybridized carbons (Fsp3) is 0.100. The Labute approximate surface area is 100 Å². The summed E-state index contributed by atoms with van der Waals surface area (Å²) in [6.07, 6.45) is 2.88. The van der Waals surface area contributed by atoms with Gasteiger partial charge in [0, 0.05) is 6.20 Å². The zero-order valence-corrected chi connectivity index (χ0v) is 9.45. The van der Waals surface area contributed by atoms with Gasteiger partial charge in [-0.05, 0) is 0 Å². The third-order valence-electron chi connectivity index (χ3n) is 2.12. The number of ether oxygens (including phenoxy) is 2. The predicted molar refractivity (Wildman–Crippen MR) is 59.4 cm³/mol. The molecular formula is C10H7ClN2O4. The average Bonchev–Trinajstić information content (AvgIpc) is 2.75. The van der Waals surface area contributed by atoms with Crippen molar-refractivity contribution in [2.75, 3.05) is 7.11 Å². The number of pyridine rings is 1. The Morgan fingerprint density at radius 2 is 2.29 bits per heavy atom. The molecule has 0 saturated heterocycles. The number of halogens is 1. The van der Waals surface area contributed by atoms with Crippen LogP contribution in [-0.2, 0) is 9.59 Å². The number of nitrogens with zero attached hydrogens (tertiary/aromatic N) is 1. The number of aromatic amines is 1. The molecule has 6 nitrogen and oxygen atoms in total. The van der Waals surface area contributed by atoms with Crippen molar-refractivity contribution in [2.45, 2.75) is 0 Å². The van der Waals surface area contributed by atoms with Crippen LogP contribution in [0.2, 0.25) is 5.15 Å². The van der Waals surface area contributed by atoms with Crippen LogP contribution in [0, 0.1) is 0 Å². The van der Waals surface area contributed by atoms with Crippen molar-refractivity contribution < 1.29 is 19.1 Å². The van der Waals surface area contributed by atoms with Gasteiger partial charge in [0.25, 0.3) is 0 Å². The minimum atomic E-state index is -0.999. The molecule has 0 aliphatic carbocycles. The van der Waals surface area contributed by atoms with Gasteiger partial charge in [-0.3, -0.25) is 4.79 Å². The van der Waals surface area contributed by atoms with Crippen LogP contribution in [0.25, 0.3) is 10.9 Å². The Kier molecular flexibility index (Phi) is 2.97. The highest BCUT2D eigenvalue weighted by atomic mass is 35.5. The number of H-pyrrole nitrogens is 1. The lowest BCUT2D eigenvalue weighted by Crippen LogP contribution is -2.08. The number of rotatable bonds is 3. The molecule has 2 rings (SSSR count). The monoisotopic (exact) mass is 254 g/mol. The van der Waals surface area contributed by atoms with Crippen LogP contribution < -0.4 is 9.47 Å². The molecule has 7 heteroatoms. The number of carbonyl (C=O) groups excluding carboxylic acids is 2. The normalized spacial score (nSPS) is 10.2. The van der Waals surface area contributed by atoms with Gasteiger partial charge in [0.05, 0.1) is 24.2 Å². The third kappa shape index (κ3) is 1.94. The van der Waals surface area contributed by atoms with Crippen molar-refractivity contribution in [1.29, 1.82) is 0 Å². The van der Waals surface area contributed by atoms with Gasteiger partial charge in [-0.1, -0.05) is 11.6 Å². The van der Waals surface area contributed by atoms with Crippen LogP contribution in [-0.4, -0.2) is 29.3 Å². The zero-order valence-electron chi connectivity index (χ0n) is 8.69. The summed E-state index contributed by atoms with van der Waals surface area (Å²) in [6, 6.07) is 0. The van der Waals surface area contributed by atoms with Gasteiger partial charge in [0.1, 0.15) is 5.75 Å². The molecule has 17 heavy (non-hydrogen) atoms. The molecule has 0 bridgehead atoms. The number of fused-ring (bicyclic) bond motifs is 1. The highest BCUT2D eigenvalue weighted by molar-refractivity contribution is 6.34. The first-order valence-corrected chi connectivity index (χ1v) is 4.91. The van der Waals surface area contributed by atoms with E-state index in [1.807, 2.05) is 0 Å². The summed E-state index contributed by atoms with van der Waals surface area (Å²) in [5.41, 5.74) is 0.472. The molecule has 2 aromatic rings. The van der Waals surface area contributed by atoms with Crippen LogP contribution in [0.15, 0.2) is 12.4 Å². The van der Waals surface area contributed by atoms with E-state index in [0.29, 0.717) is 16.7 Å². The minimum Gasteiger partial charge on any atom is -0.494 e. The van der Waals surface area contributed by atoms with E-state index in [9.17, 15) is 9.59 Å². The Hall–Kier alpha value is -2.08. The lowest BCUT2D eigenvalue weighted by Gasteiger charge is -2.04. The largest absolute Gasteiger partial charge is 0.494 e. The first kappa shape index (κ1) is 11.4. The lowest BCUT2D eigenvalue weighted by molar-refractivity contribution is -0.141. The quantitative estimate of drug-likeness (QED) is 0.387. The standard InChI is InChI=1S/C10H7ClN2O4/c1-16-5-2-13-10(11)9-8(5)6(3-12-9)17-7(15)4-14/h2-4,12H,1H3. The van der Waals surface area contributed by atoms with Crippen LogP contribution in [0.4, 0.5) is 0 Å². The second kappa shape index (κ2) is 4.42. The smallest absolute Gasteiger partial charge is 0.376 e. The summed E-state index contributed by atoms with van der Waals surface area (Å²) < 4.78 is 9.89. The molecule has 0 fully saturated rings. The molecule has 0 aliphatic heterocycles. The van der Waals surface area contributed by atoms with Crippen LogP contribution in [0.1, 0.15) is 0 Å². The highest BCUT2D eigenvalue weighted by Gasteiger charge is 2.16. The van der Waals surface area contributed by atoms with E-state index >= 15 is 0 Å². The van der Waals surface area contributed by atoms with E-state index < -0.39 is 5.97 Å². The van der Waals surface area contributed by atoms with E-state index in [0.717, 1.165) is 0 Å². The van der Waals surface area contributed by atoms with E-state index in [1.165, 1.54) is 19.5 Å². The Morgan fingerprint density at radius 1 is 1.53 bits per heavy atom. The van der Waals surface area contributed by atoms with Crippen molar-refractivity contribution in [1.82, 2.24) is 9.97 Å². The van der Waals surface area contributed by atoms with Gasteiger partial charge in [-0.25, -0.2) is 9.78 Å². The molecule has 88 valence electrons. The topological polar surface area (TPSA) is 81.3 Å². The molecule has 0 radical (unpaired) electrons. The molecule has 1 N–H and O–H groups in total. The third-order valence-corrected chi connectivity index (χ3v) is 2.41. The van der Waals surface area contributed by atoms with Gasteiger partial charge in [-0.2, -0.15) is 0 Å². The number of carbonyl (C=O) groups is 2. The first-order chi connectivity index (χ1) is 8.17. The van der Waals surface area contributed by atoms with E-state index in [4.69, 9.17) is 21.1 Å². The number of nitrogens with one attached hydrogen (secondary N) is 1. The SMILES string of the molecule is COc1cnc(Cl)c2[nH]cc(OC(=O)C=O)c12. The molecule has 0 spiro atoms. The van der Waals surface area contributed by atoms with Crippen molar-refractivity contribution in [3.05, 3.63) is 17.5 Å². The maximum Gasteiger partial charge on any atom is 0.376 e. The summed E-state index contributed by atoms with van der Waals surface area (Å²) in [5, 5.41) is 0.678. The second-order valence-corrected chi connectivity index (χ2v) is 3.42. The second-order valence-electron chi connectivity index (χ2n) is 3.06. The summed E-state index contributed by atoms with van der Waals surface area (Å²) in [4.78, 5) is 27.8. The summed E-state index contributed by atoms with van der Waals surface area (Å²) in [7, 11) is 1.45. The van der Waals surface area contributed by atoms with Crippen LogP contribution >= 0.6 is 11.6 Å². The Morgan fingerprint density at radius 3 is 2.94 bits per heavy atom. The molecular weight excluding hydrogens is 248 g/mol. The minimum absolute atomic E-state index is 0.0775. The van der Waals surface area contributed by atoms with Gasteiger partial charge in [-0.15, -0.1) is 0 Å². The van der Waals surface area contributed by atoms with Crippen molar-refractivity contribution >= 4 is 34.8 Å². The summed E-state index contributed by atoms with van der Waals surface area (Å²) >= 11 is 5.86. The fourth-order valence-electron chi connectivity index (χ4n) is 1.42. The zero-order chi connectivity index (χ0) is 12.4. The van der Waals surface area contributed by atoms with Gasteiger partial charge in [0.2, 0.25) is 6.29 Å². The van der Waals surface area contributed by atoms with E-state index in [-0.39, 0.29) is 17.2 Å². The van der Waals surface area contributed by atoms with Crippen LogP contribution in [0.5, 0.6) is 11.5 Å². The number of hydrogen-bond donors (Lipinski definition) is 1. The van der Waals surface area contributed by atoms with E-state index in [1.54, 1.807) is 0 Å². The molecule has 0 aliphatic rings. The maximum atomic E-state index is 10.9. The Bertz CT molecular complexity index is 593. The van der Waals surface area contributed by atoms with Crippen molar-refractivity contribution in [3.63, 3.8) is 0 Å². The molecule has 2 heterocycles. The number of methoxy groups -OCH3 is 1. The number of esters is 1. The fourth-order valence-corrected chi connectivity index (χ4v) is 1.62.